The molecule has 0 fully saturated rings. The highest BCUT2D eigenvalue weighted by Gasteiger charge is 2.46. The molecule has 334 valence electrons. The number of anilines is 2. The summed E-state index contributed by atoms with van der Waals surface area (Å²) in [6, 6.07) is 10.8. The highest BCUT2D eigenvalue weighted by Crippen LogP contribution is 2.48. The number of alkyl halides is 3. The van der Waals surface area contributed by atoms with Crippen molar-refractivity contribution in [2.75, 3.05) is 36.2 Å². The van der Waals surface area contributed by atoms with Crippen LogP contribution in [0.25, 0.3) is 10.8 Å². The first-order chi connectivity index (χ1) is 30.2. The molecule has 0 bridgehead atoms. The highest BCUT2D eigenvalue weighted by atomic mass is 32.2. The molecule has 2 unspecified atom stereocenters. The number of amides is 2. The molecule has 5 N–H and O–H groups in total. The molecule has 7 rings (SSSR count). The highest BCUT2D eigenvalue weighted by molar-refractivity contribution is 7.91. The number of benzene rings is 3. The molecule has 2 amide bonds. The molecule has 0 saturated carbocycles. The minimum Gasteiger partial charge on any atom is -0.491 e. The number of nitrogens with zero attached hydrogens (tertiary/aromatic N) is 5. The first kappa shape index (κ1) is 45.1. The van der Waals surface area contributed by atoms with Gasteiger partial charge in [-0.25, -0.2) is 22.9 Å². The van der Waals surface area contributed by atoms with Gasteiger partial charge in [0.15, 0.2) is 15.4 Å². The van der Waals surface area contributed by atoms with Crippen molar-refractivity contribution in [3.8, 4) is 11.8 Å². The molecule has 1 aliphatic heterocycles. The van der Waals surface area contributed by atoms with E-state index in [0.29, 0.717) is 40.8 Å². The van der Waals surface area contributed by atoms with Gasteiger partial charge in [-0.1, -0.05) is 19.1 Å². The van der Waals surface area contributed by atoms with E-state index in [-0.39, 0.29) is 35.9 Å². The number of halogens is 4. The summed E-state index contributed by atoms with van der Waals surface area (Å²) in [5, 5.41) is 39.8. The molecule has 3 aromatic carbocycles. The number of hydrogen-bond acceptors (Lipinski definition) is 13. The van der Waals surface area contributed by atoms with Gasteiger partial charge in [-0.15, -0.1) is 0 Å². The molecule has 0 radical (unpaired) electrons. The number of H-pyrrole nitrogens is 1. The van der Waals surface area contributed by atoms with Crippen LogP contribution in [0, 0.1) is 22.6 Å². The predicted octanol–water partition coefficient (Wildman–Crippen LogP) is 4.23. The van der Waals surface area contributed by atoms with Crippen LogP contribution in [0.15, 0.2) is 94.5 Å². The Bertz CT molecular complexity index is 2930. The van der Waals surface area contributed by atoms with Crippen LogP contribution in [-0.2, 0) is 37.4 Å². The van der Waals surface area contributed by atoms with Gasteiger partial charge >= 0.3 is 6.18 Å². The zero-order valence-corrected chi connectivity index (χ0v) is 35.0. The van der Waals surface area contributed by atoms with E-state index >= 15 is 0 Å². The molecule has 3 heterocycles. The topological polar surface area (TPSA) is 243 Å². The SMILES string of the molecule is Cn1ncnc1[C@H]1c2n[nH]c(=O)c3cc(F)cc(c23)N[C@@H]1C1(C)C=CC(NC(=O)COCCOc2ccc(S(=O)(=O)CC(C)(O)C(=O)Nc3ccc(C#N)c(C(F)(F)F)c3)cc2)=CC1. The Morgan fingerprint density at radius 1 is 1.11 bits per heavy atom. The number of aryl methyl sites for hydroxylation is 1. The molecule has 4 atom stereocenters. The summed E-state index contributed by atoms with van der Waals surface area (Å²) in [7, 11) is -2.57. The predicted molar refractivity (Wildman–Crippen MR) is 221 cm³/mol. The quantitative estimate of drug-likeness (QED) is 0.0775. The molecule has 22 heteroatoms. The monoisotopic (exact) mass is 905 g/mol. The van der Waals surface area contributed by atoms with Crippen molar-refractivity contribution >= 4 is 43.8 Å². The minimum absolute atomic E-state index is 0.0208. The molecule has 1 aliphatic carbocycles. The third kappa shape index (κ3) is 9.36. The molecular weight excluding hydrogens is 867 g/mol. The zero-order valence-electron chi connectivity index (χ0n) is 34.2. The fraction of sp³-hybridized carbons (Fsp3) is 0.310. The first-order valence-corrected chi connectivity index (χ1v) is 21.0. The first-order valence-electron chi connectivity index (χ1n) is 19.4. The van der Waals surface area contributed by atoms with E-state index in [0.717, 1.165) is 19.1 Å². The maximum Gasteiger partial charge on any atom is 0.417 e. The van der Waals surface area contributed by atoms with Crippen LogP contribution in [-0.4, -0.2) is 87.5 Å². The van der Waals surface area contributed by atoms with Gasteiger partial charge in [0, 0.05) is 34.9 Å². The molecule has 17 nitrogen and oxygen atoms in total. The summed E-state index contributed by atoms with van der Waals surface area (Å²) in [5.41, 5.74) is -4.68. The van der Waals surface area contributed by atoms with Crippen molar-refractivity contribution in [2.45, 2.75) is 48.9 Å². The second-order valence-corrected chi connectivity index (χ2v) is 17.6. The second kappa shape index (κ2) is 17.3. The summed E-state index contributed by atoms with van der Waals surface area (Å²) in [6.45, 7) is 2.53. The fourth-order valence-electron chi connectivity index (χ4n) is 7.57. The Kier molecular flexibility index (Phi) is 12.2. The Labute approximate surface area is 361 Å². The van der Waals surface area contributed by atoms with Gasteiger partial charge in [-0.2, -0.15) is 28.6 Å². The Hall–Kier alpha value is -6.96. The molecular formula is C42H39F4N9O8S. The number of nitrogens with one attached hydrogen (secondary N) is 4. The van der Waals surface area contributed by atoms with Crippen LogP contribution < -0.4 is 26.2 Å². The smallest absolute Gasteiger partial charge is 0.417 e. The summed E-state index contributed by atoms with van der Waals surface area (Å²) in [6.07, 6.45) is 2.47. The number of hydrogen-bond donors (Lipinski definition) is 5. The molecule has 0 saturated heterocycles. The summed E-state index contributed by atoms with van der Waals surface area (Å²) in [5.74, 6) is -3.14. The molecule has 64 heavy (non-hydrogen) atoms. The van der Waals surface area contributed by atoms with Crippen molar-refractivity contribution in [3.05, 3.63) is 124 Å². The number of sulfone groups is 1. The standard InChI is InChI=1S/C42H39F4N9O8S/c1-40(36-34(37-48-22-49-55(37)3)35-33-29(38(57)54-53-35)16-24(43)17-31(33)52-36)12-10-25(11-13-40)50-32(56)20-62-14-15-63-27-6-8-28(9-7-27)64(60,61)21-41(2,59)39(58)51-26-5-4-23(19-47)30(18-26)42(44,45)46/h4-12,16-18,22,34,36,52,59H,13-15,20-21H2,1-3H3,(H,50,56)(H,51,58)(H,54,57)/t34-,36-,40?,41?/m0/s1. The van der Waals surface area contributed by atoms with E-state index in [2.05, 4.69) is 36.2 Å². The van der Waals surface area contributed by atoms with Crippen LogP contribution in [0.4, 0.5) is 28.9 Å². The lowest BCUT2D eigenvalue weighted by Gasteiger charge is -2.44. The largest absolute Gasteiger partial charge is 0.491 e. The van der Waals surface area contributed by atoms with E-state index in [9.17, 15) is 45.5 Å². The van der Waals surface area contributed by atoms with Gasteiger partial charge in [0.1, 0.15) is 36.9 Å². The van der Waals surface area contributed by atoms with E-state index in [1.807, 2.05) is 19.1 Å². The van der Waals surface area contributed by atoms with Crippen molar-refractivity contribution in [2.24, 2.45) is 12.5 Å². The van der Waals surface area contributed by atoms with E-state index < -0.39 is 84.7 Å². The third-order valence-corrected chi connectivity index (χ3v) is 12.8. The minimum atomic E-state index is -4.91. The van der Waals surface area contributed by atoms with Gasteiger partial charge in [-0.3, -0.25) is 19.1 Å². The molecule has 2 aromatic heterocycles. The third-order valence-electron chi connectivity index (χ3n) is 10.8. The summed E-state index contributed by atoms with van der Waals surface area (Å²) < 4.78 is 93.6. The van der Waals surface area contributed by atoms with Gasteiger partial charge in [0.05, 0.1) is 57.5 Å². The van der Waals surface area contributed by atoms with Crippen LogP contribution in [0.1, 0.15) is 48.8 Å². The average molecular weight is 906 g/mol. The van der Waals surface area contributed by atoms with E-state index in [4.69, 9.17) is 14.7 Å². The Morgan fingerprint density at radius 2 is 1.86 bits per heavy atom. The maximum absolute atomic E-state index is 14.7. The van der Waals surface area contributed by atoms with Crippen molar-refractivity contribution < 1.29 is 50.1 Å². The lowest BCUT2D eigenvalue weighted by atomic mass is 9.68. The van der Waals surface area contributed by atoms with Gasteiger partial charge < -0.3 is 30.5 Å². The molecule has 2 aliphatic rings. The lowest BCUT2D eigenvalue weighted by Crippen LogP contribution is -2.46. The van der Waals surface area contributed by atoms with E-state index in [1.54, 1.807) is 17.8 Å². The van der Waals surface area contributed by atoms with Gasteiger partial charge in [-0.05, 0) is 74.0 Å². The molecule has 0 spiro atoms. The zero-order chi connectivity index (χ0) is 46.2. The van der Waals surface area contributed by atoms with E-state index in [1.165, 1.54) is 48.8 Å². The summed E-state index contributed by atoms with van der Waals surface area (Å²) in [4.78, 5) is 42.4. The van der Waals surface area contributed by atoms with Crippen molar-refractivity contribution in [3.63, 3.8) is 0 Å². The van der Waals surface area contributed by atoms with Crippen LogP contribution in [0.3, 0.4) is 0 Å². The normalized spacial score (nSPS) is 19.2. The number of carbonyl (C=O) groups is 2. The van der Waals surface area contributed by atoms with Gasteiger partial charge in [0.25, 0.3) is 11.5 Å². The Balaban J connectivity index is 0.887. The second-order valence-electron chi connectivity index (χ2n) is 15.6. The number of carbonyl (C=O) groups excluding carboxylic acids is 2. The average Bonchev–Trinajstić information content (AvgIpc) is 3.66. The lowest BCUT2D eigenvalue weighted by molar-refractivity contribution is -0.138. The van der Waals surface area contributed by atoms with Crippen molar-refractivity contribution in [1.29, 1.82) is 5.26 Å². The number of rotatable bonds is 14. The number of aliphatic hydroxyl groups is 1. The van der Waals surface area contributed by atoms with Crippen LogP contribution in [0.5, 0.6) is 5.75 Å². The number of aromatic amines is 1. The molecule has 5 aromatic rings. The van der Waals surface area contributed by atoms with Gasteiger partial charge in [0.2, 0.25) is 5.91 Å². The number of allylic oxidation sites excluding steroid dienone is 2. The number of nitriles is 1. The number of ether oxygens (including phenoxy) is 2. The fourth-order valence-corrected chi connectivity index (χ4v) is 9.16. The maximum atomic E-state index is 14.7. The van der Waals surface area contributed by atoms with Crippen LogP contribution >= 0.6 is 0 Å². The van der Waals surface area contributed by atoms with Crippen LogP contribution in [0.2, 0.25) is 0 Å². The van der Waals surface area contributed by atoms with Crippen molar-refractivity contribution in [1.82, 2.24) is 30.3 Å². The summed E-state index contributed by atoms with van der Waals surface area (Å²) >= 11 is 0. The number of aromatic nitrogens is 5. The Morgan fingerprint density at radius 3 is 2.52 bits per heavy atom.